The van der Waals surface area contributed by atoms with Gasteiger partial charge in [-0.25, -0.2) is 0 Å². The summed E-state index contributed by atoms with van der Waals surface area (Å²) in [6, 6.07) is 14.6. The van der Waals surface area contributed by atoms with E-state index in [0.29, 0.717) is 17.0 Å². The molecule has 2 aromatic carbocycles. The zero-order valence-electron chi connectivity index (χ0n) is 18.3. The predicted molar refractivity (Wildman–Crippen MR) is 118 cm³/mol. The summed E-state index contributed by atoms with van der Waals surface area (Å²) in [5.74, 6) is 0.258. The Balaban J connectivity index is 1.87. The SMILES string of the molecule is CCC(C)(C)c1ccc(OCC(=O)Nc2ccc(C(=O)NC(C)(C)C)cc2)cc1. The normalized spacial score (nSPS) is 11.7. The monoisotopic (exact) mass is 396 g/mol. The van der Waals surface area contributed by atoms with E-state index in [0.717, 1.165) is 6.42 Å². The van der Waals surface area contributed by atoms with E-state index in [1.54, 1.807) is 24.3 Å². The third-order valence-corrected chi connectivity index (χ3v) is 4.81. The lowest BCUT2D eigenvalue weighted by molar-refractivity contribution is -0.118. The van der Waals surface area contributed by atoms with Crippen LogP contribution in [-0.4, -0.2) is 24.0 Å². The van der Waals surface area contributed by atoms with Crippen molar-refractivity contribution in [3.63, 3.8) is 0 Å². The third-order valence-electron chi connectivity index (χ3n) is 4.81. The van der Waals surface area contributed by atoms with E-state index in [1.165, 1.54) is 5.56 Å². The number of nitrogens with one attached hydrogen (secondary N) is 2. The van der Waals surface area contributed by atoms with E-state index < -0.39 is 0 Å². The Morgan fingerprint density at radius 2 is 1.48 bits per heavy atom. The number of hydrogen-bond acceptors (Lipinski definition) is 3. The Hall–Kier alpha value is -2.82. The summed E-state index contributed by atoms with van der Waals surface area (Å²) in [6.45, 7) is 12.3. The molecule has 2 aromatic rings. The van der Waals surface area contributed by atoms with Crippen molar-refractivity contribution in [1.29, 1.82) is 0 Å². The zero-order chi connectivity index (χ0) is 21.7. The Kier molecular flexibility index (Phi) is 7.07. The van der Waals surface area contributed by atoms with Gasteiger partial charge < -0.3 is 15.4 Å². The molecule has 2 N–H and O–H groups in total. The second-order valence-electron chi connectivity index (χ2n) is 8.88. The molecule has 0 aliphatic rings. The average Bonchev–Trinajstić information content (AvgIpc) is 2.66. The van der Waals surface area contributed by atoms with Gasteiger partial charge >= 0.3 is 0 Å². The minimum atomic E-state index is -0.300. The maximum Gasteiger partial charge on any atom is 0.262 e. The molecule has 0 atom stereocenters. The first-order chi connectivity index (χ1) is 13.5. The molecule has 0 saturated heterocycles. The van der Waals surface area contributed by atoms with E-state index in [2.05, 4.69) is 31.4 Å². The number of benzene rings is 2. The highest BCUT2D eigenvalue weighted by molar-refractivity contribution is 5.96. The van der Waals surface area contributed by atoms with E-state index >= 15 is 0 Å². The van der Waals surface area contributed by atoms with Crippen LogP contribution in [-0.2, 0) is 10.2 Å². The van der Waals surface area contributed by atoms with E-state index in [1.807, 2.05) is 45.0 Å². The molecule has 0 aromatic heterocycles. The second-order valence-corrected chi connectivity index (χ2v) is 8.88. The van der Waals surface area contributed by atoms with Crippen LogP contribution >= 0.6 is 0 Å². The molecule has 0 saturated carbocycles. The standard InChI is InChI=1S/C24H32N2O3/c1-7-24(5,6)18-10-14-20(15-11-18)29-16-21(27)25-19-12-8-17(9-13-19)22(28)26-23(2,3)4/h8-15H,7,16H2,1-6H3,(H,25,27)(H,26,28). The number of carbonyl (C=O) groups excluding carboxylic acids is 2. The first-order valence-electron chi connectivity index (χ1n) is 9.96. The van der Waals surface area contributed by atoms with Gasteiger partial charge in [0.05, 0.1) is 0 Å². The van der Waals surface area contributed by atoms with Gasteiger partial charge in [-0.1, -0.05) is 32.9 Å². The number of ether oxygens (including phenoxy) is 1. The van der Waals surface area contributed by atoms with Gasteiger partial charge in [0, 0.05) is 16.8 Å². The molecule has 0 spiro atoms. The van der Waals surface area contributed by atoms with Crippen LogP contribution in [0.4, 0.5) is 5.69 Å². The molecule has 2 rings (SSSR count). The minimum absolute atomic E-state index is 0.0806. The van der Waals surface area contributed by atoms with Crippen LogP contribution in [0, 0.1) is 0 Å². The summed E-state index contributed by atoms with van der Waals surface area (Å²) in [6.07, 6.45) is 1.05. The summed E-state index contributed by atoms with van der Waals surface area (Å²) in [5, 5.41) is 5.68. The molecule has 0 unspecified atom stereocenters. The molecule has 156 valence electrons. The van der Waals surface area contributed by atoms with Gasteiger partial charge in [0.1, 0.15) is 5.75 Å². The summed E-state index contributed by atoms with van der Waals surface area (Å²) < 4.78 is 5.58. The first kappa shape index (κ1) is 22.5. The smallest absolute Gasteiger partial charge is 0.262 e. The van der Waals surface area contributed by atoms with Gasteiger partial charge in [-0.05, 0) is 74.6 Å². The van der Waals surface area contributed by atoms with Crippen molar-refractivity contribution in [3.05, 3.63) is 59.7 Å². The molecule has 2 amide bonds. The molecule has 29 heavy (non-hydrogen) atoms. The van der Waals surface area contributed by atoms with Crippen molar-refractivity contribution in [3.8, 4) is 5.75 Å². The van der Waals surface area contributed by atoms with Crippen molar-refractivity contribution >= 4 is 17.5 Å². The Morgan fingerprint density at radius 1 is 0.897 bits per heavy atom. The van der Waals surface area contributed by atoms with Gasteiger partial charge in [0.25, 0.3) is 11.8 Å². The van der Waals surface area contributed by atoms with Crippen LogP contribution in [0.2, 0.25) is 0 Å². The predicted octanol–water partition coefficient (Wildman–Crippen LogP) is 4.92. The number of rotatable bonds is 7. The maximum absolute atomic E-state index is 12.1. The van der Waals surface area contributed by atoms with Crippen LogP contribution in [0.5, 0.6) is 5.75 Å². The fourth-order valence-corrected chi connectivity index (χ4v) is 2.67. The third kappa shape index (κ3) is 6.93. The highest BCUT2D eigenvalue weighted by Crippen LogP contribution is 2.28. The van der Waals surface area contributed by atoms with Gasteiger partial charge in [0.15, 0.2) is 6.61 Å². The molecule has 0 fully saturated rings. The topological polar surface area (TPSA) is 67.4 Å². The van der Waals surface area contributed by atoms with Gasteiger partial charge in [-0.3, -0.25) is 9.59 Å². The van der Waals surface area contributed by atoms with Crippen LogP contribution in [0.15, 0.2) is 48.5 Å². The highest BCUT2D eigenvalue weighted by Gasteiger charge is 2.18. The molecule has 5 heteroatoms. The zero-order valence-corrected chi connectivity index (χ0v) is 18.3. The van der Waals surface area contributed by atoms with Crippen molar-refractivity contribution in [1.82, 2.24) is 5.32 Å². The Bertz CT molecular complexity index is 832. The Labute approximate surface area is 173 Å². The average molecular weight is 397 g/mol. The van der Waals surface area contributed by atoms with Crippen molar-refractivity contribution < 1.29 is 14.3 Å². The maximum atomic E-state index is 12.1. The van der Waals surface area contributed by atoms with Gasteiger partial charge in [-0.15, -0.1) is 0 Å². The van der Waals surface area contributed by atoms with Crippen molar-refractivity contribution in [2.24, 2.45) is 0 Å². The molecule has 0 radical (unpaired) electrons. The summed E-state index contributed by atoms with van der Waals surface area (Å²) in [4.78, 5) is 24.3. The molecule has 0 heterocycles. The van der Waals surface area contributed by atoms with Crippen molar-refractivity contribution in [2.75, 3.05) is 11.9 Å². The number of carbonyl (C=O) groups is 2. The molecule has 0 aliphatic carbocycles. The summed E-state index contributed by atoms with van der Waals surface area (Å²) in [5.41, 5.74) is 2.22. The summed E-state index contributed by atoms with van der Waals surface area (Å²) >= 11 is 0. The molecular formula is C24H32N2O3. The first-order valence-corrected chi connectivity index (χ1v) is 9.96. The molecule has 0 aliphatic heterocycles. The Morgan fingerprint density at radius 3 is 2.00 bits per heavy atom. The van der Waals surface area contributed by atoms with Gasteiger partial charge in [0.2, 0.25) is 0 Å². The molecule has 5 nitrogen and oxygen atoms in total. The number of hydrogen-bond donors (Lipinski definition) is 2. The van der Waals surface area contributed by atoms with E-state index in [4.69, 9.17) is 4.74 Å². The fraction of sp³-hybridized carbons (Fsp3) is 0.417. The van der Waals surface area contributed by atoms with Gasteiger partial charge in [-0.2, -0.15) is 0 Å². The fourth-order valence-electron chi connectivity index (χ4n) is 2.67. The number of amides is 2. The lowest BCUT2D eigenvalue weighted by atomic mass is 9.82. The van der Waals surface area contributed by atoms with Crippen LogP contribution < -0.4 is 15.4 Å². The quantitative estimate of drug-likeness (QED) is 0.698. The number of anilines is 1. The molecule has 0 bridgehead atoms. The second kappa shape index (κ2) is 9.12. The molecular weight excluding hydrogens is 364 g/mol. The van der Waals surface area contributed by atoms with E-state index in [9.17, 15) is 9.59 Å². The van der Waals surface area contributed by atoms with Crippen LogP contribution in [0.1, 0.15) is 63.9 Å². The van der Waals surface area contributed by atoms with E-state index in [-0.39, 0.29) is 29.4 Å². The minimum Gasteiger partial charge on any atom is -0.484 e. The largest absolute Gasteiger partial charge is 0.484 e. The van der Waals surface area contributed by atoms with Crippen LogP contribution in [0.25, 0.3) is 0 Å². The van der Waals surface area contributed by atoms with Crippen LogP contribution in [0.3, 0.4) is 0 Å². The highest BCUT2D eigenvalue weighted by atomic mass is 16.5. The lowest BCUT2D eigenvalue weighted by Crippen LogP contribution is -2.40. The van der Waals surface area contributed by atoms with Crippen molar-refractivity contribution in [2.45, 2.75) is 58.9 Å². The lowest BCUT2D eigenvalue weighted by Gasteiger charge is -2.23. The summed E-state index contributed by atoms with van der Waals surface area (Å²) in [7, 11) is 0.